The molecule has 1 aromatic carbocycles. The van der Waals surface area contributed by atoms with Crippen LogP contribution in [0.1, 0.15) is 29.3 Å². The fourth-order valence-corrected chi connectivity index (χ4v) is 1.64. The van der Waals surface area contributed by atoms with Crippen LogP contribution in [0.5, 0.6) is 0 Å². The second-order valence-electron chi connectivity index (χ2n) is 4.55. The van der Waals surface area contributed by atoms with Gasteiger partial charge < -0.3 is 10.4 Å². The molecule has 0 aromatic heterocycles. The Balaban J connectivity index is 2.86. The normalized spacial score (nSPS) is 12.6. The van der Waals surface area contributed by atoms with Crippen molar-refractivity contribution < 1.29 is 32.3 Å². The molecule has 0 heterocycles. The van der Waals surface area contributed by atoms with E-state index in [1.165, 1.54) is 6.92 Å². The molecule has 22 heavy (non-hydrogen) atoms. The van der Waals surface area contributed by atoms with Gasteiger partial charge in [0.1, 0.15) is 11.5 Å². The Morgan fingerprint density at radius 2 is 1.95 bits per heavy atom. The molecule has 1 aromatic rings. The number of carboxylic acid groups (broad SMARTS) is 1. The first kappa shape index (κ1) is 17.6. The highest BCUT2D eigenvalue weighted by Crippen LogP contribution is 2.31. The minimum Gasteiger partial charge on any atom is -0.477 e. The van der Waals surface area contributed by atoms with Crippen LogP contribution in [0.2, 0.25) is 0 Å². The minimum atomic E-state index is -4.93. The summed E-state index contributed by atoms with van der Waals surface area (Å²) in [5.74, 6) is -3.87. The first-order valence-electron chi connectivity index (χ1n) is 6.00. The maximum atomic E-state index is 13.1. The van der Waals surface area contributed by atoms with Gasteiger partial charge in [0.25, 0.3) is 5.91 Å². The van der Waals surface area contributed by atoms with Gasteiger partial charge in [0.2, 0.25) is 0 Å². The zero-order valence-electron chi connectivity index (χ0n) is 11.3. The monoisotopic (exact) mass is 320 g/mol. The van der Waals surface area contributed by atoms with Gasteiger partial charge in [0.05, 0.1) is 5.56 Å². The van der Waals surface area contributed by atoms with Gasteiger partial charge in [0.15, 0.2) is 0 Å². The van der Waals surface area contributed by atoms with Crippen molar-refractivity contribution in [2.45, 2.75) is 25.6 Å². The van der Waals surface area contributed by atoms with E-state index in [9.17, 15) is 27.2 Å². The standard InChI is InChI=1S/C13H12F4N2O3/c1-6(4-10(18)12(21)22)19-11(20)7-2-3-9(14)8(5-7)13(15,16)17/h2-3,5-6,18H,4H2,1H3,(H,19,20)(H,21,22)/t6-/m1/s1. The Labute approximate surface area is 122 Å². The molecule has 5 nitrogen and oxygen atoms in total. The van der Waals surface area contributed by atoms with Crippen LogP contribution in [0, 0.1) is 11.2 Å². The summed E-state index contributed by atoms with van der Waals surface area (Å²) in [5.41, 5.74) is -2.63. The zero-order chi connectivity index (χ0) is 17.1. The van der Waals surface area contributed by atoms with E-state index in [1.807, 2.05) is 0 Å². The second kappa shape index (κ2) is 6.54. The molecule has 1 amide bonds. The average Bonchev–Trinajstić information content (AvgIpc) is 2.37. The number of aliphatic carboxylic acids is 1. The van der Waals surface area contributed by atoms with Crippen LogP contribution in [0.4, 0.5) is 17.6 Å². The van der Waals surface area contributed by atoms with Gasteiger partial charge in [-0.2, -0.15) is 13.2 Å². The Morgan fingerprint density at radius 3 is 2.45 bits per heavy atom. The van der Waals surface area contributed by atoms with E-state index in [1.54, 1.807) is 0 Å². The van der Waals surface area contributed by atoms with Gasteiger partial charge in [-0.1, -0.05) is 0 Å². The molecular weight excluding hydrogens is 308 g/mol. The van der Waals surface area contributed by atoms with Crippen molar-refractivity contribution in [3.8, 4) is 0 Å². The van der Waals surface area contributed by atoms with E-state index >= 15 is 0 Å². The number of hydrogen-bond acceptors (Lipinski definition) is 3. The number of carbonyl (C=O) groups excluding carboxylic acids is 1. The SMILES string of the molecule is C[C@H](CC(=N)C(=O)O)NC(=O)c1ccc(F)c(C(F)(F)F)c1. The third kappa shape index (κ3) is 4.54. The number of carbonyl (C=O) groups is 2. The summed E-state index contributed by atoms with van der Waals surface area (Å²) in [6.07, 6.45) is -5.23. The van der Waals surface area contributed by atoms with E-state index in [-0.39, 0.29) is 6.42 Å². The highest BCUT2D eigenvalue weighted by molar-refractivity contribution is 6.34. The quantitative estimate of drug-likeness (QED) is 0.575. The minimum absolute atomic E-state index is 0.297. The number of rotatable bonds is 5. The molecule has 0 spiro atoms. The van der Waals surface area contributed by atoms with E-state index < -0.39 is 46.8 Å². The molecule has 3 N–H and O–H groups in total. The van der Waals surface area contributed by atoms with E-state index in [0.29, 0.717) is 12.1 Å². The highest BCUT2D eigenvalue weighted by atomic mass is 19.4. The number of benzene rings is 1. The largest absolute Gasteiger partial charge is 0.477 e. The van der Waals surface area contributed by atoms with Gasteiger partial charge >= 0.3 is 12.1 Å². The van der Waals surface area contributed by atoms with Crippen molar-refractivity contribution in [3.63, 3.8) is 0 Å². The summed E-state index contributed by atoms with van der Waals surface area (Å²) >= 11 is 0. The predicted octanol–water partition coefficient (Wildman–Crippen LogP) is 2.46. The van der Waals surface area contributed by atoms with E-state index in [0.717, 1.165) is 6.07 Å². The highest BCUT2D eigenvalue weighted by Gasteiger charge is 2.34. The third-order valence-electron chi connectivity index (χ3n) is 2.68. The van der Waals surface area contributed by atoms with Crippen molar-refractivity contribution in [2.24, 2.45) is 0 Å². The van der Waals surface area contributed by atoms with Crippen LogP contribution in [0.15, 0.2) is 18.2 Å². The Morgan fingerprint density at radius 1 is 1.36 bits per heavy atom. The van der Waals surface area contributed by atoms with Crippen LogP contribution in [-0.2, 0) is 11.0 Å². The molecule has 1 rings (SSSR count). The summed E-state index contributed by atoms with van der Waals surface area (Å²) in [5, 5.41) is 17.9. The molecule has 0 aliphatic rings. The zero-order valence-corrected chi connectivity index (χ0v) is 11.3. The topological polar surface area (TPSA) is 90.2 Å². The first-order valence-corrected chi connectivity index (χ1v) is 6.00. The molecule has 120 valence electrons. The maximum Gasteiger partial charge on any atom is 0.419 e. The molecule has 0 aliphatic heterocycles. The lowest BCUT2D eigenvalue weighted by atomic mass is 10.1. The third-order valence-corrected chi connectivity index (χ3v) is 2.68. The van der Waals surface area contributed by atoms with Gasteiger partial charge in [-0.05, 0) is 25.1 Å². The summed E-state index contributed by atoms with van der Waals surface area (Å²) in [6.45, 7) is 1.39. The van der Waals surface area contributed by atoms with Crippen molar-refractivity contribution >= 4 is 17.6 Å². The van der Waals surface area contributed by atoms with Crippen LogP contribution in [0.3, 0.4) is 0 Å². The Bertz CT molecular complexity index is 614. The maximum absolute atomic E-state index is 13.1. The fraction of sp³-hybridized carbons (Fsp3) is 0.308. The summed E-state index contributed by atoms with van der Waals surface area (Å²) < 4.78 is 50.8. The van der Waals surface area contributed by atoms with E-state index in [2.05, 4.69) is 5.32 Å². The van der Waals surface area contributed by atoms with Gasteiger partial charge in [-0.3, -0.25) is 10.2 Å². The van der Waals surface area contributed by atoms with Gasteiger partial charge in [-0.15, -0.1) is 0 Å². The number of hydrogen-bond donors (Lipinski definition) is 3. The molecule has 0 fully saturated rings. The number of halogens is 4. The lowest BCUT2D eigenvalue weighted by molar-refractivity contribution is -0.140. The lowest BCUT2D eigenvalue weighted by Gasteiger charge is -2.14. The van der Waals surface area contributed by atoms with Crippen molar-refractivity contribution in [1.29, 1.82) is 5.41 Å². The van der Waals surface area contributed by atoms with Crippen LogP contribution in [-0.4, -0.2) is 28.7 Å². The first-order chi connectivity index (χ1) is 10.0. The predicted molar refractivity (Wildman–Crippen MR) is 68.3 cm³/mol. The molecule has 0 unspecified atom stereocenters. The summed E-state index contributed by atoms with van der Waals surface area (Å²) in [4.78, 5) is 22.3. The lowest BCUT2D eigenvalue weighted by Crippen LogP contribution is -2.35. The molecule has 0 saturated heterocycles. The summed E-state index contributed by atoms with van der Waals surface area (Å²) in [6, 6.07) is 1.01. The van der Waals surface area contributed by atoms with Gasteiger partial charge in [-0.25, -0.2) is 9.18 Å². The van der Waals surface area contributed by atoms with Crippen molar-refractivity contribution in [2.75, 3.05) is 0 Å². The molecule has 1 atom stereocenters. The van der Waals surface area contributed by atoms with Crippen LogP contribution < -0.4 is 5.32 Å². The van der Waals surface area contributed by atoms with Crippen LogP contribution >= 0.6 is 0 Å². The molecule has 0 bridgehead atoms. The van der Waals surface area contributed by atoms with Gasteiger partial charge in [0, 0.05) is 18.0 Å². The fourth-order valence-electron chi connectivity index (χ4n) is 1.64. The molecular formula is C13H12F4N2O3. The van der Waals surface area contributed by atoms with E-state index in [4.69, 9.17) is 10.5 Å². The summed E-state index contributed by atoms with van der Waals surface area (Å²) in [7, 11) is 0. The number of carboxylic acids is 1. The van der Waals surface area contributed by atoms with Crippen LogP contribution in [0.25, 0.3) is 0 Å². The molecule has 0 saturated carbocycles. The Kier molecular flexibility index (Phi) is 5.23. The van der Waals surface area contributed by atoms with Crippen molar-refractivity contribution in [1.82, 2.24) is 5.32 Å². The van der Waals surface area contributed by atoms with Crippen molar-refractivity contribution in [3.05, 3.63) is 35.1 Å². The second-order valence-corrected chi connectivity index (χ2v) is 4.55. The molecule has 0 radical (unpaired) electrons. The Hall–Kier alpha value is -2.45. The smallest absolute Gasteiger partial charge is 0.419 e. The number of alkyl halides is 3. The average molecular weight is 320 g/mol. The number of nitrogens with one attached hydrogen (secondary N) is 2. The number of amides is 1. The molecule has 9 heteroatoms. The molecule has 0 aliphatic carbocycles.